The standard InChI is InChI=1S/C22H33N3O4S/c1-3-24(4-2)30(28,29)20-12-10-19(11-13-20)25-16-18(14-21(25)26)22(27)23-15-17-8-6-5-7-9-17/h10-13,17-18H,3-9,14-16H2,1-2H3,(H,23,27). The minimum Gasteiger partial charge on any atom is -0.356 e. The molecule has 1 aliphatic heterocycles. The summed E-state index contributed by atoms with van der Waals surface area (Å²) in [5.74, 6) is 0.0284. The van der Waals surface area contributed by atoms with Gasteiger partial charge in [-0.1, -0.05) is 33.1 Å². The number of hydrogen-bond donors (Lipinski definition) is 1. The van der Waals surface area contributed by atoms with Gasteiger partial charge >= 0.3 is 0 Å². The molecule has 2 fully saturated rings. The van der Waals surface area contributed by atoms with E-state index in [9.17, 15) is 18.0 Å². The van der Waals surface area contributed by atoms with Crippen LogP contribution in [-0.4, -0.2) is 50.7 Å². The molecule has 0 radical (unpaired) electrons. The molecule has 1 N–H and O–H groups in total. The van der Waals surface area contributed by atoms with Crippen molar-refractivity contribution in [1.29, 1.82) is 0 Å². The Hall–Kier alpha value is -1.93. The minimum atomic E-state index is -3.53. The first-order chi connectivity index (χ1) is 14.4. The number of nitrogens with one attached hydrogen (secondary N) is 1. The van der Waals surface area contributed by atoms with Gasteiger partial charge in [0, 0.05) is 38.3 Å². The lowest BCUT2D eigenvalue weighted by molar-refractivity contribution is -0.126. The number of sulfonamides is 1. The molecule has 1 saturated carbocycles. The highest BCUT2D eigenvalue weighted by molar-refractivity contribution is 7.89. The molecule has 1 aromatic carbocycles. The van der Waals surface area contributed by atoms with E-state index in [4.69, 9.17) is 0 Å². The maximum atomic E-state index is 12.6. The third kappa shape index (κ3) is 5.03. The maximum absolute atomic E-state index is 12.6. The normalized spacial score (nSPS) is 20.7. The van der Waals surface area contributed by atoms with E-state index >= 15 is 0 Å². The zero-order chi connectivity index (χ0) is 21.7. The summed E-state index contributed by atoms with van der Waals surface area (Å²) in [7, 11) is -3.53. The van der Waals surface area contributed by atoms with Gasteiger partial charge in [-0.2, -0.15) is 4.31 Å². The first-order valence-electron chi connectivity index (χ1n) is 11.0. The molecule has 1 unspecified atom stereocenters. The molecule has 2 amide bonds. The molecule has 1 saturated heterocycles. The fourth-order valence-electron chi connectivity index (χ4n) is 4.42. The topological polar surface area (TPSA) is 86.8 Å². The van der Waals surface area contributed by atoms with Gasteiger partial charge in [0.15, 0.2) is 0 Å². The molecule has 2 aliphatic rings. The number of hydrogen-bond acceptors (Lipinski definition) is 4. The first kappa shape index (κ1) is 22.7. The lowest BCUT2D eigenvalue weighted by Gasteiger charge is -2.22. The highest BCUT2D eigenvalue weighted by Crippen LogP contribution is 2.28. The summed E-state index contributed by atoms with van der Waals surface area (Å²) in [6, 6.07) is 6.37. The van der Waals surface area contributed by atoms with Gasteiger partial charge in [-0.3, -0.25) is 9.59 Å². The molecule has 0 spiro atoms. The summed E-state index contributed by atoms with van der Waals surface area (Å²) < 4.78 is 26.7. The summed E-state index contributed by atoms with van der Waals surface area (Å²) in [6.45, 7) is 5.44. The Morgan fingerprint density at radius 1 is 1.10 bits per heavy atom. The van der Waals surface area contributed by atoms with Crippen LogP contribution in [0.4, 0.5) is 5.69 Å². The molecule has 0 bridgehead atoms. The van der Waals surface area contributed by atoms with Crippen LogP contribution in [-0.2, 0) is 19.6 Å². The number of carbonyl (C=O) groups is 2. The number of anilines is 1. The van der Waals surface area contributed by atoms with Crippen LogP contribution >= 0.6 is 0 Å². The van der Waals surface area contributed by atoms with Gasteiger partial charge in [0.2, 0.25) is 21.8 Å². The molecule has 1 heterocycles. The van der Waals surface area contributed by atoms with Crippen LogP contribution in [0.1, 0.15) is 52.4 Å². The molecular weight excluding hydrogens is 402 g/mol. The Morgan fingerprint density at radius 2 is 1.73 bits per heavy atom. The fraction of sp³-hybridized carbons (Fsp3) is 0.636. The summed E-state index contributed by atoms with van der Waals surface area (Å²) in [6.07, 6.45) is 6.27. The largest absolute Gasteiger partial charge is 0.356 e. The first-order valence-corrected chi connectivity index (χ1v) is 12.5. The molecule has 1 aliphatic carbocycles. The van der Waals surface area contributed by atoms with Crippen molar-refractivity contribution in [3.63, 3.8) is 0 Å². The Labute approximate surface area is 179 Å². The predicted octanol–water partition coefficient (Wildman–Crippen LogP) is 2.77. The van der Waals surface area contributed by atoms with Crippen LogP contribution in [0.15, 0.2) is 29.2 Å². The number of rotatable bonds is 8. The molecule has 3 rings (SSSR count). The van der Waals surface area contributed by atoms with Crippen molar-refractivity contribution in [1.82, 2.24) is 9.62 Å². The molecule has 1 atom stereocenters. The van der Waals surface area contributed by atoms with E-state index in [1.165, 1.54) is 48.5 Å². The van der Waals surface area contributed by atoms with Gasteiger partial charge in [-0.05, 0) is 43.0 Å². The third-order valence-corrected chi connectivity index (χ3v) is 8.34. The van der Waals surface area contributed by atoms with E-state index in [-0.39, 0.29) is 29.0 Å². The summed E-state index contributed by atoms with van der Waals surface area (Å²) >= 11 is 0. The van der Waals surface area contributed by atoms with E-state index in [0.717, 1.165) is 0 Å². The zero-order valence-corrected chi connectivity index (χ0v) is 18.8. The van der Waals surface area contributed by atoms with Gasteiger partial charge in [0.25, 0.3) is 0 Å². The molecule has 166 valence electrons. The number of nitrogens with zero attached hydrogens (tertiary/aromatic N) is 2. The average molecular weight is 436 g/mol. The van der Waals surface area contributed by atoms with E-state index in [2.05, 4.69) is 5.32 Å². The van der Waals surface area contributed by atoms with Crippen molar-refractivity contribution < 1.29 is 18.0 Å². The predicted molar refractivity (Wildman–Crippen MR) is 117 cm³/mol. The van der Waals surface area contributed by atoms with Crippen molar-refractivity contribution in [3.05, 3.63) is 24.3 Å². The minimum absolute atomic E-state index is 0.0582. The Morgan fingerprint density at radius 3 is 2.33 bits per heavy atom. The van der Waals surface area contributed by atoms with Crippen LogP contribution in [0.25, 0.3) is 0 Å². The Kier molecular flexibility index (Phi) is 7.52. The number of amides is 2. The second-order valence-electron chi connectivity index (χ2n) is 8.24. The summed E-state index contributed by atoms with van der Waals surface area (Å²) in [4.78, 5) is 26.9. The van der Waals surface area contributed by atoms with Crippen molar-refractivity contribution in [3.8, 4) is 0 Å². The lowest BCUT2D eigenvalue weighted by Crippen LogP contribution is -2.36. The van der Waals surface area contributed by atoms with Gasteiger partial charge in [0.1, 0.15) is 0 Å². The number of benzene rings is 1. The Balaban J connectivity index is 1.61. The van der Waals surface area contributed by atoms with E-state index in [1.807, 2.05) is 0 Å². The maximum Gasteiger partial charge on any atom is 0.243 e. The number of carbonyl (C=O) groups excluding carboxylic acids is 2. The van der Waals surface area contributed by atoms with Crippen molar-refractivity contribution in [2.45, 2.75) is 57.3 Å². The second kappa shape index (κ2) is 9.92. The van der Waals surface area contributed by atoms with Crippen molar-refractivity contribution >= 4 is 27.5 Å². The SMILES string of the molecule is CCN(CC)S(=O)(=O)c1ccc(N2CC(C(=O)NCC3CCCCC3)CC2=O)cc1. The highest BCUT2D eigenvalue weighted by Gasteiger charge is 2.35. The third-order valence-electron chi connectivity index (χ3n) is 6.28. The zero-order valence-electron chi connectivity index (χ0n) is 18.0. The summed E-state index contributed by atoms with van der Waals surface area (Å²) in [5.41, 5.74) is 0.626. The highest BCUT2D eigenvalue weighted by atomic mass is 32.2. The van der Waals surface area contributed by atoms with Crippen LogP contribution < -0.4 is 10.2 Å². The van der Waals surface area contributed by atoms with Gasteiger partial charge < -0.3 is 10.2 Å². The molecular formula is C22H33N3O4S. The van der Waals surface area contributed by atoms with Crippen LogP contribution in [0.5, 0.6) is 0 Å². The van der Waals surface area contributed by atoms with Crippen LogP contribution in [0, 0.1) is 11.8 Å². The van der Waals surface area contributed by atoms with Gasteiger partial charge in [-0.15, -0.1) is 0 Å². The summed E-state index contributed by atoms with van der Waals surface area (Å²) in [5, 5.41) is 3.04. The fourth-order valence-corrected chi connectivity index (χ4v) is 5.88. The lowest BCUT2D eigenvalue weighted by atomic mass is 9.89. The van der Waals surface area contributed by atoms with E-state index in [0.29, 0.717) is 37.8 Å². The smallest absolute Gasteiger partial charge is 0.243 e. The Bertz CT molecular complexity index is 844. The molecule has 8 heteroatoms. The molecule has 1 aromatic rings. The van der Waals surface area contributed by atoms with Crippen molar-refractivity contribution in [2.24, 2.45) is 11.8 Å². The van der Waals surface area contributed by atoms with Crippen LogP contribution in [0.2, 0.25) is 0 Å². The van der Waals surface area contributed by atoms with Crippen LogP contribution in [0.3, 0.4) is 0 Å². The molecule has 0 aromatic heterocycles. The van der Waals surface area contributed by atoms with Gasteiger partial charge in [-0.25, -0.2) is 8.42 Å². The van der Waals surface area contributed by atoms with E-state index < -0.39 is 10.0 Å². The second-order valence-corrected chi connectivity index (χ2v) is 10.2. The molecule has 7 nitrogen and oxygen atoms in total. The monoisotopic (exact) mass is 435 g/mol. The average Bonchev–Trinajstić information content (AvgIpc) is 3.15. The van der Waals surface area contributed by atoms with Crippen molar-refractivity contribution in [2.75, 3.05) is 31.1 Å². The quantitative estimate of drug-likeness (QED) is 0.680. The van der Waals surface area contributed by atoms with Gasteiger partial charge in [0.05, 0.1) is 10.8 Å². The molecule has 30 heavy (non-hydrogen) atoms. The van der Waals surface area contributed by atoms with E-state index in [1.54, 1.807) is 30.9 Å².